The first-order valence-electron chi connectivity index (χ1n) is 8.82. The van der Waals surface area contributed by atoms with Gasteiger partial charge in [-0.3, -0.25) is 10.1 Å². The average molecular weight is 427 g/mol. The number of ether oxygens (including phenoxy) is 1. The third-order valence-electron chi connectivity index (χ3n) is 3.79. The number of hydrogen-bond donors (Lipinski definition) is 3. The van der Waals surface area contributed by atoms with E-state index in [2.05, 4.69) is 15.6 Å². The largest absolute Gasteiger partial charge is 0.493 e. The molecule has 1 heterocycles. The molecule has 156 valence electrons. The highest BCUT2D eigenvalue weighted by Crippen LogP contribution is 2.38. The van der Waals surface area contributed by atoms with E-state index in [1.54, 1.807) is 0 Å². The molecular formula is C19H20F3N3O3S. The molecule has 1 aromatic heterocycles. The molecule has 0 bridgehead atoms. The summed E-state index contributed by atoms with van der Waals surface area (Å²) in [4.78, 5) is 15.6. The summed E-state index contributed by atoms with van der Waals surface area (Å²) in [5.41, 5.74) is -0.762. The maximum atomic E-state index is 13.4. The van der Waals surface area contributed by atoms with Crippen LogP contribution in [0.3, 0.4) is 0 Å². The molecule has 6 nitrogen and oxygen atoms in total. The van der Waals surface area contributed by atoms with Gasteiger partial charge in [-0.25, -0.2) is 4.98 Å². The van der Waals surface area contributed by atoms with E-state index in [1.165, 1.54) is 24.3 Å². The lowest BCUT2D eigenvalue weighted by molar-refractivity contribution is -0.138. The Morgan fingerprint density at radius 3 is 2.62 bits per heavy atom. The minimum Gasteiger partial charge on any atom is -0.493 e. The third-order valence-corrected chi connectivity index (χ3v) is 3.99. The Bertz CT molecular complexity index is 858. The summed E-state index contributed by atoms with van der Waals surface area (Å²) < 4.78 is 45.4. The molecule has 2 aromatic rings. The molecule has 0 aliphatic heterocycles. The minimum absolute atomic E-state index is 0.0485. The van der Waals surface area contributed by atoms with Gasteiger partial charge < -0.3 is 15.2 Å². The number of unbranched alkanes of at least 4 members (excludes halogenated alkanes) is 2. The van der Waals surface area contributed by atoms with Gasteiger partial charge in [0, 0.05) is 18.0 Å². The molecule has 0 fully saturated rings. The predicted molar refractivity (Wildman–Crippen MR) is 106 cm³/mol. The molecule has 2 rings (SSSR count). The van der Waals surface area contributed by atoms with Crippen LogP contribution in [-0.2, 0) is 6.18 Å². The lowest BCUT2D eigenvalue weighted by Gasteiger charge is -2.16. The van der Waals surface area contributed by atoms with Gasteiger partial charge in [-0.15, -0.1) is 0 Å². The number of amides is 1. The SMILES string of the molecule is CCCCCOc1ccc(NC(=S)NC(=O)c2ccc(O)nc2)cc1C(F)(F)F. The topological polar surface area (TPSA) is 83.5 Å². The molecule has 0 spiro atoms. The first-order chi connectivity index (χ1) is 13.7. The van der Waals surface area contributed by atoms with Crippen LogP contribution in [0.25, 0.3) is 0 Å². The van der Waals surface area contributed by atoms with Gasteiger partial charge in [0.05, 0.1) is 17.7 Å². The van der Waals surface area contributed by atoms with Gasteiger partial charge in [0.15, 0.2) is 5.11 Å². The van der Waals surface area contributed by atoms with Crippen LogP contribution < -0.4 is 15.4 Å². The van der Waals surface area contributed by atoms with E-state index in [9.17, 15) is 18.0 Å². The number of hydrogen-bond acceptors (Lipinski definition) is 5. The smallest absolute Gasteiger partial charge is 0.420 e. The fraction of sp³-hybridized carbons (Fsp3) is 0.316. The summed E-state index contributed by atoms with van der Waals surface area (Å²) in [5.74, 6) is -1.13. The zero-order valence-electron chi connectivity index (χ0n) is 15.5. The molecule has 0 radical (unpaired) electrons. The monoisotopic (exact) mass is 427 g/mol. The molecule has 3 N–H and O–H groups in total. The molecular weight excluding hydrogens is 407 g/mol. The highest BCUT2D eigenvalue weighted by Gasteiger charge is 2.34. The van der Waals surface area contributed by atoms with Crippen LogP contribution in [0.5, 0.6) is 11.6 Å². The number of anilines is 1. The highest BCUT2D eigenvalue weighted by molar-refractivity contribution is 7.80. The number of rotatable bonds is 7. The van der Waals surface area contributed by atoms with Crippen molar-refractivity contribution in [1.29, 1.82) is 0 Å². The second-order valence-electron chi connectivity index (χ2n) is 6.08. The van der Waals surface area contributed by atoms with Crippen LogP contribution in [0.2, 0.25) is 0 Å². The van der Waals surface area contributed by atoms with Gasteiger partial charge in [-0.1, -0.05) is 19.8 Å². The summed E-state index contributed by atoms with van der Waals surface area (Å²) in [6.07, 6.45) is -1.01. The number of benzene rings is 1. The zero-order valence-corrected chi connectivity index (χ0v) is 16.4. The molecule has 1 amide bonds. The van der Waals surface area contributed by atoms with Crippen LogP contribution in [-0.4, -0.2) is 27.7 Å². The predicted octanol–water partition coefficient (Wildman–Crippen LogP) is 4.50. The van der Waals surface area contributed by atoms with Crippen molar-refractivity contribution >= 4 is 28.9 Å². The summed E-state index contributed by atoms with van der Waals surface area (Å²) in [6, 6.07) is 6.01. The summed E-state index contributed by atoms with van der Waals surface area (Å²) >= 11 is 4.98. The van der Waals surface area contributed by atoms with Crippen molar-refractivity contribution in [2.45, 2.75) is 32.4 Å². The molecule has 10 heteroatoms. The van der Waals surface area contributed by atoms with Crippen molar-refractivity contribution in [2.75, 3.05) is 11.9 Å². The van der Waals surface area contributed by atoms with Crippen molar-refractivity contribution in [2.24, 2.45) is 0 Å². The molecule has 0 saturated carbocycles. The van der Waals surface area contributed by atoms with E-state index in [0.717, 1.165) is 25.1 Å². The maximum absolute atomic E-state index is 13.4. The number of nitrogens with zero attached hydrogens (tertiary/aromatic N) is 1. The fourth-order valence-electron chi connectivity index (χ4n) is 2.35. The minimum atomic E-state index is -4.61. The van der Waals surface area contributed by atoms with E-state index >= 15 is 0 Å². The number of thiocarbonyl (C=S) groups is 1. The molecule has 0 atom stereocenters. The van der Waals surface area contributed by atoms with Crippen LogP contribution in [0, 0.1) is 0 Å². The first kappa shape index (κ1) is 22.4. The summed E-state index contributed by atoms with van der Waals surface area (Å²) in [7, 11) is 0. The Kier molecular flexibility index (Phi) is 7.77. The Labute approximate surface area is 171 Å². The quantitative estimate of drug-likeness (QED) is 0.446. The average Bonchev–Trinajstić information content (AvgIpc) is 2.65. The Morgan fingerprint density at radius 2 is 2.00 bits per heavy atom. The summed E-state index contributed by atoms with van der Waals surface area (Å²) in [6.45, 7) is 2.18. The van der Waals surface area contributed by atoms with Gasteiger partial charge in [0.1, 0.15) is 5.75 Å². The number of pyridine rings is 1. The molecule has 0 saturated heterocycles. The Morgan fingerprint density at radius 1 is 1.24 bits per heavy atom. The molecule has 0 aliphatic rings. The van der Waals surface area contributed by atoms with Gasteiger partial charge in [-0.2, -0.15) is 13.2 Å². The van der Waals surface area contributed by atoms with Crippen molar-refractivity contribution in [3.63, 3.8) is 0 Å². The number of aromatic nitrogens is 1. The van der Waals surface area contributed by atoms with E-state index < -0.39 is 17.6 Å². The van der Waals surface area contributed by atoms with Crippen LogP contribution in [0.15, 0.2) is 36.5 Å². The van der Waals surface area contributed by atoms with Crippen molar-refractivity contribution in [3.8, 4) is 11.6 Å². The fourth-order valence-corrected chi connectivity index (χ4v) is 2.56. The van der Waals surface area contributed by atoms with Gasteiger partial charge in [0.25, 0.3) is 5.91 Å². The second kappa shape index (κ2) is 10.1. The number of nitrogens with one attached hydrogen (secondary N) is 2. The zero-order chi connectivity index (χ0) is 21.4. The van der Waals surface area contributed by atoms with Crippen LogP contribution >= 0.6 is 12.2 Å². The lowest BCUT2D eigenvalue weighted by atomic mass is 10.1. The Hall–Kier alpha value is -2.88. The van der Waals surface area contributed by atoms with Crippen LogP contribution in [0.1, 0.15) is 42.1 Å². The number of carbonyl (C=O) groups is 1. The lowest BCUT2D eigenvalue weighted by Crippen LogP contribution is -2.34. The van der Waals surface area contributed by atoms with Gasteiger partial charge in [0.2, 0.25) is 5.88 Å². The molecule has 0 aliphatic carbocycles. The van der Waals surface area contributed by atoms with E-state index in [4.69, 9.17) is 22.1 Å². The van der Waals surface area contributed by atoms with E-state index in [0.29, 0.717) is 6.42 Å². The molecule has 1 aromatic carbocycles. The normalized spacial score (nSPS) is 11.0. The van der Waals surface area contributed by atoms with Gasteiger partial charge >= 0.3 is 6.18 Å². The van der Waals surface area contributed by atoms with Crippen molar-refractivity contribution < 1.29 is 27.8 Å². The first-order valence-corrected chi connectivity index (χ1v) is 9.23. The number of carbonyl (C=O) groups excluding carboxylic acids is 1. The van der Waals surface area contributed by atoms with Crippen molar-refractivity contribution in [3.05, 3.63) is 47.7 Å². The molecule has 0 unspecified atom stereocenters. The standard InChI is InChI=1S/C19H20F3N3O3S/c1-2-3-4-9-28-15-7-6-13(10-14(15)19(20,21)22)24-18(29)25-17(27)12-5-8-16(26)23-11-12/h5-8,10-11H,2-4,9H2,1H3,(H,23,26)(H2,24,25,27,29). The second-order valence-corrected chi connectivity index (χ2v) is 6.49. The van der Waals surface area contributed by atoms with E-state index in [1.807, 2.05) is 6.92 Å². The summed E-state index contributed by atoms with van der Waals surface area (Å²) in [5, 5.41) is 13.8. The Balaban J connectivity index is 2.06. The number of halogens is 3. The third kappa shape index (κ3) is 6.90. The number of aromatic hydroxyl groups is 1. The van der Waals surface area contributed by atoms with E-state index in [-0.39, 0.29) is 34.6 Å². The van der Waals surface area contributed by atoms with Gasteiger partial charge in [-0.05, 0) is 42.9 Å². The number of alkyl halides is 3. The van der Waals surface area contributed by atoms with Crippen molar-refractivity contribution in [1.82, 2.24) is 10.3 Å². The maximum Gasteiger partial charge on any atom is 0.420 e. The highest BCUT2D eigenvalue weighted by atomic mass is 32.1. The molecule has 29 heavy (non-hydrogen) atoms. The van der Waals surface area contributed by atoms with Crippen LogP contribution in [0.4, 0.5) is 18.9 Å².